The second-order valence-corrected chi connectivity index (χ2v) is 5.48. The van der Waals surface area contributed by atoms with Gasteiger partial charge < -0.3 is 14.5 Å². The fourth-order valence-electron chi connectivity index (χ4n) is 2.31. The van der Waals surface area contributed by atoms with Crippen LogP contribution in [-0.2, 0) is 4.74 Å². The lowest BCUT2D eigenvalue weighted by atomic mass is 9.64. The van der Waals surface area contributed by atoms with Gasteiger partial charge in [0, 0.05) is 18.1 Å². The lowest BCUT2D eigenvalue weighted by Crippen LogP contribution is -2.62. The quantitative estimate of drug-likeness (QED) is 0.916. The van der Waals surface area contributed by atoms with Gasteiger partial charge in [0.25, 0.3) is 5.91 Å². The number of rotatable bonds is 4. The Morgan fingerprint density at radius 1 is 1.67 bits per heavy atom. The highest BCUT2D eigenvalue weighted by atomic mass is 35.5. The van der Waals surface area contributed by atoms with Crippen LogP contribution in [0.2, 0.25) is 5.22 Å². The Bertz CT molecular complexity index is 441. The van der Waals surface area contributed by atoms with E-state index in [-0.39, 0.29) is 28.7 Å². The van der Waals surface area contributed by atoms with Crippen molar-refractivity contribution in [2.45, 2.75) is 39.3 Å². The van der Waals surface area contributed by atoms with Crippen molar-refractivity contribution in [2.75, 3.05) is 6.61 Å². The number of hydrogen-bond acceptors (Lipinski definition) is 3. The third kappa shape index (κ3) is 2.27. The number of amides is 1. The number of halogens is 1. The zero-order valence-corrected chi connectivity index (χ0v) is 11.6. The van der Waals surface area contributed by atoms with Crippen molar-refractivity contribution >= 4 is 17.5 Å². The van der Waals surface area contributed by atoms with Gasteiger partial charge in [0.1, 0.15) is 0 Å². The predicted octanol–water partition coefficient (Wildman–Crippen LogP) is 2.87. The van der Waals surface area contributed by atoms with Crippen LogP contribution in [0.1, 0.15) is 37.6 Å². The van der Waals surface area contributed by atoms with E-state index in [1.54, 1.807) is 6.07 Å². The average molecular weight is 272 g/mol. The van der Waals surface area contributed by atoms with Crippen molar-refractivity contribution in [1.29, 1.82) is 0 Å². The zero-order chi connectivity index (χ0) is 13.3. The monoisotopic (exact) mass is 271 g/mol. The molecule has 0 aliphatic heterocycles. The van der Waals surface area contributed by atoms with Crippen molar-refractivity contribution < 1.29 is 13.9 Å². The first-order valence-corrected chi connectivity index (χ1v) is 6.50. The Kier molecular flexibility index (Phi) is 3.69. The van der Waals surface area contributed by atoms with Crippen LogP contribution in [0, 0.1) is 5.41 Å². The molecule has 5 heteroatoms. The van der Waals surface area contributed by atoms with Crippen molar-refractivity contribution in [2.24, 2.45) is 5.41 Å². The van der Waals surface area contributed by atoms with E-state index in [1.807, 2.05) is 6.92 Å². The van der Waals surface area contributed by atoms with E-state index < -0.39 is 0 Å². The summed E-state index contributed by atoms with van der Waals surface area (Å²) in [5.74, 6) is -0.193. The van der Waals surface area contributed by atoms with Gasteiger partial charge in [-0.25, -0.2) is 0 Å². The minimum atomic E-state index is -0.193. The molecule has 2 unspecified atom stereocenters. The highest BCUT2D eigenvalue weighted by Crippen LogP contribution is 2.42. The van der Waals surface area contributed by atoms with Crippen LogP contribution in [0.4, 0.5) is 0 Å². The normalized spacial score (nSPS) is 25.6. The maximum atomic E-state index is 12.0. The molecule has 4 nitrogen and oxygen atoms in total. The summed E-state index contributed by atoms with van der Waals surface area (Å²) in [7, 11) is 0. The van der Waals surface area contributed by atoms with Crippen LogP contribution >= 0.6 is 11.6 Å². The molecule has 18 heavy (non-hydrogen) atoms. The summed E-state index contributed by atoms with van der Waals surface area (Å²) in [6, 6.07) is 1.68. The van der Waals surface area contributed by atoms with Gasteiger partial charge in [-0.15, -0.1) is 0 Å². The summed E-state index contributed by atoms with van der Waals surface area (Å²) < 4.78 is 10.5. The molecule has 1 fully saturated rings. The molecule has 1 aromatic heterocycles. The number of furan rings is 1. The van der Waals surface area contributed by atoms with Crippen LogP contribution in [0.15, 0.2) is 16.7 Å². The third-order valence-corrected chi connectivity index (χ3v) is 4.01. The summed E-state index contributed by atoms with van der Waals surface area (Å²) in [5, 5.41) is 3.11. The standard InChI is InChI=1S/C13H18ClNO3/c1-4-17-10-7-9(13(10,2)3)15-12(16)8-5-6-18-11(8)14/h5-6,9-10H,4,7H2,1-3H3,(H,15,16). The molecule has 1 amide bonds. The Morgan fingerprint density at radius 3 is 2.89 bits per heavy atom. The van der Waals surface area contributed by atoms with E-state index >= 15 is 0 Å². The van der Waals surface area contributed by atoms with Gasteiger partial charge in [0.2, 0.25) is 5.22 Å². The van der Waals surface area contributed by atoms with Gasteiger partial charge in [0.05, 0.1) is 17.9 Å². The lowest BCUT2D eigenvalue weighted by molar-refractivity contribution is -0.111. The highest BCUT2D eigenvalue weighted by molar-refractivity contribution is 6.32. The van der Waals surface area contributed by atoms with Crippen molar-refractivity contribution in [3.8, 4) is 0 Å². The molecule has 0 spiro atoms. The molecular formula is C13H18ClNO3. The molecule has 0 saturated heterocycles. The van der Waals surface area contributed by atoms with Gasteiger partial charge in [-0.05, 0) is 31.0 Å². The molecule has 1 heterocycles. The van der Waals surface area contributed by atoms with Crippen LogP contribution in [0.3, 0.4) is 0 Å². The summed E-state index contributed by atoms with van der Waals surface area (Å²) in [5.41, 5.74) is 0.328. The van der Waals surface area contributed by atoms with Crippen LogP contribution < -0.4 is 5.32 Å². The molecule has 0 bridgehead atoms. The molecule has 100 valence electrons. The van der Waals surface area contributed by atoms with Crippen LogP contribution in [0.25, 0.3) is 0 Å². The summed E-state index contributed by atoms with van der Waals surface area (Å²) in [4.78, 5) is 12.0. The molecule has 1 aromatic rings. The fourth-order valence-corrected chi connectivity index (χ4v) is 2.51. The van der Waals surface area contributed by atoms with Crippen LogP contribution in [0.5, 0.6) is 0 Å². The second-order valence-electron chi connectivity index (χ2n) is 5.14. The van der Waals surface area contributed by atoms with E-state index in [4.69, 9.17) is 20.8 Å². The van der Waals surface area contributed by atoms with E-state index in [2.05, 4.69) is 19.2 Å². The average Bonchev–Trinajstić information content (AvgIpc) is 2.74. The molecule has 1 aliphatic rings. The number of carbonyl (C=O) groups is 1. The number of ether oxygens (including phenoxy) is 1. The lowest BCUT2D eigenvalue weighted by Gasteiger charge is -2.51. The Balaban J connectivity index is 1.96. The van der Waals surface area contributed by atoms with E-state index in [0.717, 1.165) is 6.42 Å². The molecule has 1 saturated carbocycles. The van der Waals surface area contributed by atoms with Gasteiger partial charge in [-0.3, -0.25) is 4.79 Å². The Hall–Kier alpha value is -1.00. The molecule has 0 radical (unpaired) electrons. The predicted molar refractivity (Wildman–Crippen MR) is 68.8 cm³/mol. The summed E-state index contributed by atoms with van der Waals surface area (Å²) in [6.07, 6.45) is 2.45. The first-order valence-electron chi connectivity index (χ1n) is 6.12. The van der Waals surface area contributed by atoms with Gasteiger partial charge in [0.15, 0.2) is 0 Å². The molecule has 0 aromatic carbocycles. The first-order chi connectivity index (χ1) is 8.46. The second kappa shape index (κ2) is 4.94. The van der Waals surface area contributed by atoms with E-state index in [0.29, 0.717) is 12.2 Å². The van der Waals surface area contributed by atoms with Gasteiger partial charge >= 0.3 is 0 Å². The fraction of sp³-hybridized carbons (Fsp3) is 0.615. The van der Waals surface area contributed by atoms with E-state index in [1.165, 1.54) is 6.26 Å². The van der Waals surface area contributed by atoms with Crippen LogP contribution in [-0.4, -0.2) is 24.7 Å². The minimum Gasteiger partial charge on any atom is -0.452 e. The summed E-state index contributed by atoms with van der Waals surface area (Å²) in [6.45, 7) is 6.87. The number of nitrogens with one attached hydrogen (secondary N) is 1. The van der Waals surface area contributed by atoms with Crippen molar-refractivity contribution in [3.63, 3.8) is 0 Å². The van der Waals surface area contributed by atoms with Gasteiger partial charge in [-0.1, -0.05) is 13.8 Å². The molecular weight excluding hydrogens is 254 g/mol. The molecule has 1 aliphatic carbocycles. The third-order valence-electron chi connectivity index (χ3n) is 3.71. The largest absolute Gasteiger partial charge is 0.452 e. The maximum Gasteiger partial charge on any atom is 0.256 e. The summed E-state index contributed by atoms with van der Waals surface area (Å²) >= 11 is 5.78. The smallest absolute Gasteiger partial charge is 0.256 e. The number of hydrogen-bond donors (Lipinski definition) is 1. The molecule has 2 atom stereocenters. The van der Waals surface area contributed by atoms with Crippen molar-refractivity contribution in [1.82, 2.24) is 5.32 Å². The molecule has 1 N–H and O–H groups in total. The first kappa shape index (κ1) is 13.4. The van der Waals surface area contributed by atoms with Gasteiger partial charge in [-0.2, -0.15) is 0 Å². The molecule has 2 rings (SSSR count). The minimum absolute atomic E-state index is 0.0537. The Morgan fingerprint density at radius 2 is 2.39 bits per heavy atom. The zero-order valence-electron chi connectivity index (χ0n) is 10.8. The van der Waals surface area contributed by atoms with E-state index in [9.17, 15) is 4.79 Å². The highest BCUT2D eigenvalue weighted by Gasteiger charge is 2.49. The SMILES string of the molecule is CCOC1CC(NC(=O)c2ccoc2Cl)C1(C)C. The Labute approximate surface area is 112 Å². The van der Waals surface area contributed by atoms with Crippen molar-refractivity contribution in [3.05, 3.63) is 23.1 Å². The number of carbonyl (C=O) groups excluding carboxylic acids is 1. The maximum absolute atomic E-state index is 12.0. The topological polar surface area (TPSA) is 51.5 Å².